The lowest BCUT2D eigenvalue weighted by Gasteiger charge is -2.13. The van der Waals surface area contributed by atoms with Gasteiger partial charge in [-0.25, -0.2) is 0 Å². The highest BCUT2D eigenvalue weighted by molar-refractivity contribution is 5.98. The Hall–Kier alpha value is -2.16. The number of carbonyl (C=O) groups is 2. The molecule has 0 radical (unpaired) electrons. The predicted octanol–water partition coefficient (Wildman–Crippen LogP) is 2.59. The van der Waals surface area contributed by atoms with Crippen LogP contribution in [-0.2, 0) is 6.18 Å². The minimum atomic E-state index is -4.81. The molecule has 1 aromatic carbocycles. The molecule has 0 aliphatic rings. The van der Waals surface area contributed by atoms with Crippen LogP contribution >= 0.6 is 0 Å². The minimum Gasteiger partial charge on any atom is -0.298 e. The second-order valence-electron chi connectivity index (χ2n) is 3.27. The number of carbonyl (C=O) groups excluding carboxylic acids is 2. The van der Waals surface area contributed by atoms with Crippen LogP contribution in [0.15, 0.2) is 12.1 Å². The minimum absolute atomic E-state index is 0.0178. The third-order valence-corrected chi connectivity index (χ3v) is 2.09. The van der Waals surface area contributed by atoms with E-state index >= 15 is 0 Å². The van der Waals surface area contributed by atoms with Crippen LogP contribution in [0.3, 0.4) is 0 Å². The number of nitriles is 1. The van der Waals surface area contributed by atoms with E-state index in [1.165, 1.54) is 0 Å². The van der Waals surface area contributed by atoms with Gasteiger partial charge in [-0.1, -0.05) is 0 Å². The van der Waals surface area contributed by atoms with Gasteiger partial charge in [-0.15, -0.1) is 0 Å². The smallest absolute Gasteiger partial charge is 0.298 e. The normalized spacial score (nSPS) is 10.8. The Morgan fingerprint density at radius 2 is 2.00 bits per heavy atom. The van der Waals surface area contributed by atoms with Crippen molar-refractivity contribution in [2.24, 2.45) is 0 Å². The molecule has 0 spiro atoms. The summed E-state index contributed by atoms with van der Waals surface area (Å²) in [5.74, 6) is -0.850. The summed E-state index contributed by atoms with van der Waals surface area (Å²) in [5.41, 5.74) is -2.83. The first kappa shape index (κ1) is 12.9. The van der Waals surface area contributed by atoms with E-state index in [1.807, 2.05) is 0 Å². The summed E-state index contributed by atoms with van der Waals surface area (Å²) < 4.78 is 38.1. The average molecular weight is 241 g/mol. The maximum absolute atomic E-state index is 12.7. The highest BCUT2D eigenvalue weighted by Crippen LogP contribution is 2.35. The first-order chi connectivity index (χ1) is 7.81. The fraction of sp³-hybridized carbons (Fsp3) is 0.182. The van der Waals surface area contributed by atoms with Gasteiger partial charge in [0.1, 0.15) is 0 Å². The molecule has 0 atom stereocenters. The van der Waals surface area contributed by atoms with Crippen molar-refractivity contribution in [1.82, 2.24) is 0 Å². The topological polar surface area (TPSA) is 57.9 Å². The Bertz CT molecular complexity index is 527. The zero-order chi connectivity index (χ0) is 13.2. The van der Waals surface area contributed by atoms with Crippen LogP contribution in [0, 0.1) is 11.3 Å². The molecule has 0 fully saturated rings. The van der Waals surface area contributed by atoms with Crippen molar-refractivity contribution in [3.63, 3.8) is 0 Å². The molecular formula is C11H6F3NO2. The average Bonchev–Trinajstić information content (AvgIpc) is 2.25. The number of aldehydes is 1. The van der Waals surface area contributed by atoms with Crippen molar-refractivity contribution in [1.29, 1.82) is 5.26 Å². The van der Waals surface area contributed by atoms with Crippen LogP contribution in [0.2, 0.25) is 0 Å². The van der Waals surface area contributed by atoms with Gasteiger partial charge in [0.15, 0.2) is 12.1 Å². The van der Waals surface area contributed by atoms with Gasteiger partial charge in [-0.05, 0) is 19.1 Å². The lowest BCUT2D eigenvalue weighted by Crippen LogP contribution is -2.15. The molecule has 0 saturated heterocycles. The third-order valence-electron chi connectivity index (χ3n) is 2.09. The molecule has 6 heteroatoms. The second-order valence-corrected chi connectivity index (χ2v) is 3.27. The number of ketones is 1. The van der Waals surface area contributed by atoms with Crippen LogP contribution in [0.1, 0.15) is 38.8 Å². The molecule has 0 bridgehead atoms. The number of benzene rings is 1. The third kappa shape index (κ3) is 2.50. The van der Waals surface area contributed by atoms with Crippen molar-refractivity contribution < 1.29 is 22.8 Å². The monoisotopic (exact) mass is 241 g/mol. The van der Waals surface area contributed by atoms with Crippen molar-refractivity contribution in [3.05, 3.63) is 34.4 Å². The molecule has 0 unspecified atom stereocenters. The van der Waals surface area contributed by atoms with Gasteiger partial charge in [0.05, 0.1) is 17.2 Å². The molecule has 0 amide bonds. The zero-order valence-corrected chi connectivity index (χ0v) is 8.63. The van der Waals surface area contributed by atoms with E-state index < -0.39 is 28.6 Å². The first-order valence-corrected chi connectivity index (χ1v) is 4.42. The van der Waals surface area contributed by atoms with Gasteiger partial charge in [0.2, 0.25) is 0 Å². The van der Waals surface area contributed by atoms with E-state index in [2.05, 4.69) is 0 Å². The first-order valence-electron chi connectivity index (χ1n) is 4.42. The summed E-state index contributed by atoms with van der Waals surface area (Å²) in [6, 6.07) is 3.24. The van der Waals surface area contributed by atoms with Crippen LogP contribution < -0.4 is 0 Å². The van der Waals surface area contributed by atoms with Crippen LogP contribution in [0.4, 0.5) is 13.2 Å². The Morgan fingerprint density at radius 3 is 2.35 bits per heavy atom. The summed E-state index contributed by atoms with van der Waals surface area (Å²) in [5, 5.41) is 8.60. The van der Waals surface area contributed by atoms with Gasteiger partial charge >= 0.3 is 6.18 Å². The van der Waals surface area contributed by atoms with E-state index in [0.29, 0.717) is 0 Å². The molecule has 0 saturated carbocycles. The Morgan fingerprint density at radius 1 is 1.41 bits per heavy atom. The molecule has 88 valence electrons. The van der Waals surface area contributed by atoms with Gasteiger partial charge in [0, 0.05) is 11.1 Å². The Labute approximate surface area is 94.5 Å². The summed E-state index contributed by atoms with van der Waals surface area (Å²) in [6.45, 7) is 0.945. The van der Waals surface area contributed by atoms with Crippen molar-refractivity contribution in [2.75, 3.05) is 0 Å². The van der Waals surface area contributed by atoms with Gasteiger partial charge < -0.3 is 0 Å². The lowest BCUT2D eigenvalue weighted by molar-refractivity contribution is -0.138. The molecule has 0 N–H and O–H groups in total. The van der Waals surface area contributed by atoms with E-state index in [4.69, 9.17) is 5.26 Å². The summed E-state index contributed by atoms with van der Waals surface area (Å²) in [4.78, 5) is 21.7. The van der Waals surface area contributed by atoms with Crippen molar-refractivity contribution in [2.45, 2.75) is 13.1 Å². The lowest BCUT2D eigenvalue weighted by atomic mass is 9.96. The molecule has 3 nitrogen and oxygen atoms in total. The highest BCUT2D eigenvalue weighted by atomic mass is 19.4. The number of Topliss-reactive ketones (excluding diaryl/α,β-unsaturated/α-hetero) is 1. The molecule has 17 heavy (non-hydrogen) atoms. The van der Waals surface area contributed by atoms with Gasteiger partial charge in [-0.3, -0.25) is 9.59 Å². The molecule has 1 aromatic rings. The maximum atomic E-state index is 12.7. The Kier molecular flexibility index (Phi) is 3.32. The predicted molar refractivity (Wildman–Crippen MR) is 51.6 cm³/mol. The summed E-state index contributed by atoms with van der Waals surface area (Å²) in [7, 11) is 0. The molecule has 0 aromatic heterocycles. The SMILES string of the molecule is CC(=O)c1cc(C#N)cc(C=O)c1C(F)(F)F. The highest BCUT2D eigenvalue weighted by Gasteiger charge is 2.37. The van der Waals surface area contributed by atoms with E-state index in [-0.39, 0.29) is 11.8 Å². The maximum Gasteiger partial charge on any atom is 0.417 e. The number of rotatable bonds is 2. The second kappa shape index (κ2) is 4.37. The number of nitrogens with zero attached hydrogens (tertiary/aromatic N) is 1. The molecule has 0 heterocycles. The quantitative estimate of drug-likeness (QED) is 0.590. The largest absolute Gasteiger partial charge is 0.417 e. The van der Waals surface area contributed by atoms with Crippen LogP contribution in [-0.4, -0.2) is 12.1 Å². The van der Waals surface area contributed by atoms with E-state index in [0.717, 1.165) is 19.1 Å². The number of hydrogen-bond donors (Lipinski definition) is 0. The Balaban J connectivity index is 3.72. The fourth-order valence-electron chi connectivity index (χ4n) is 1.42. The van der Waals surface area contributed by atoms with Crippen LogP contribution in [0.5, 0.6) is 0 Å². The van der Waals surface area contributed by atoms with Crippen LogP contribution in [0.25, 0.3) is 0 Å². The molecule has 1 rings (SSSR count). The standard InChI is InChI=1S/C11H6F3NO2/c1-6(17)9-3-7(4-15)2-8(5-16)10(9)11(12,13)14/h2-3,5H,1H3. The van der Waals surface area contributed by atoms with E-state index in [1.54, 1.807) is 6.07 Å². The van der Waals surface area contributed by atoms with Crippen molar-refractivity contribution >= 4 is 12.1 Å². The van der Waals surface area contributed by atoms with Crippen molar-refractivity contribution in [3.8, 4) is 6.07 Å². The number of hydrogen-bond acceptors (Lipinski definition) is 3. The molecule has 0 aliphatic carbocycles. The molecular weight excluding hydrogens is 235 g/mol. The number of alkyl halides is 3. The summed E-state index contributed by atoms with van der Waals surface area (Å²) >= 11 is 0. The van der Waals surface area contributed by atoms with Gasteiger partial charge in [0.25, 0.3) is 0 Å². The number of halogens is 3. The summed E-state index contributed by atoms with van der Waals surface area (Å²) in [6.07, 6.45) is -4.83. The molecule has 0 aliphatic heterocycles. The fourth-order valence-corrected chi connectivity index (χ4v) is 1.42. The van der Waals surface area contributed by atoms with Gasteiger partial charge in [-0.2, -0.15) is 18.4 Å². The van der Waals surface area contributed by atoms with E-state index in [9.17, 15) is 22.8 Å². The zero-order valence-electron chi connectivity index (χ0n) is 8.63.